The van der Waals surface area contributed by atoms with Crippen LogP contribution >= 0.6 is 0 Å². The summed E-state index contributed by atoms with van der Waals surface area (Å²) in [5.74, 6) is 0.889. The minimum absolute atomic E-state index is 0.151. The minimum atomic E-state index is 0.151. The molecule has 1 rings (SSSR count). The van der Waals surface area contributed by atoms with Crippen LogP contribution in [0.2, 0.25) is 0 Å². The molecule has 0 saturated heterocycles. The Hall–Kier alpha value is -0.830. The first kappa shape index (κ1) is 8.27. The van der Waals surface area contributed by atoms with Gasteiger partial charge in [-0.25, -0.2) is 0 Å². The Balaban J connectivity index is 2.79. The van der Waals surface area contributed by atoms with Gasteiger partial charge in [-0.15, -0.1) is 0 Å². The van der Waals surface area contributed by atoms with Gasteiger partial charge in [0.25, 0.3) is 0 Å². The van der Waals surface area contributed by atoms with Gasteiger partial charge in [0.1, 0.15) is 5.76 Å². The summed E-state index contributed by atoms with van der Waals surface area (Å²) in [4.78, 5) is 0. The van der Waals surface area contributed by atoms with Gasteiger partial charge in [-0.2, -0.15) is 0 Å². The largest absolute Gasteiger partial charge is 0.361 e. The molecule has 0 aliphatic carbocycles. The molecule has 3 heteroatoms. The van der Waals surface area contributed by atoms with Gasteiger partial charge in [0.2, 0.25) is 0 Å². The monoisotopic (exact) mass is 154 g/mol. The molecule has 0 radical (unpaired) electrons. The molecule has 0 saturated carbocycles. The van der Waals surface area contributed by atoms with E-state index in [0.717, 1.165) is 23.4 Å². The van der Waals surface area contributed by atoms with E-state index in [2.05, 4.69) is 5.16 Å². The molecule has 0 spiro atoms. The van der Waals surface area contributed by atoms with Crippen LogP contribution in [0.4, 0.5) is 0 Å². The van der Waals surface area contributed by atoms with E-state index in [1.165, 1.54) is 0 Å². The molecule has 0 aliphatic heterocycles. The van der Waals surface area contributed by atoms with E-state index in [1.54, 1.807) is 0 Å². The highest BCUT2D eigenvalue weighted by atomic mass is 16.5. The van der Waals surface area contributed by atoms with Crippen molar-refractivity contribution in [1.82, 2.24) is 5.16 Å². The number of nitrogens with two attached hydrogens (primary N) is 1. The Morgan fingerprint density at radius 1 is 1.55 bits per heavy atom. The lowest BCUT2D eigenvalue weighted by Crippen LogP contribution is -2.18. The smallest absolute Gasteiger partial charge is 0.136 e. The lowest BCUT2D eigenvalue weighted by molar-refractivity contribution is 0.388. The van der Waals surface area contributed by atoms with E-state index in [-0.39, 0.29) is 6.04 Å². The second kappa shape index (κ2) is 3.05. The predicted octanol–water partition coefficient (Wildman–Crippen LogP) is 1.18. The Kier molecular flexibility index (Phi) is 2.29. The highest BCUT2D eigenvalue weighted by Crippen LogP contribution is 2.12. The van der Waals surface area contributed by atoms with Crippen LogP contribution in [0.5, 0.6) is 0 Å². The molecule has 1 aromatic heterocycles. The quantitative estimate of drug-likeness (QED) is 0.696. The molecule has 2 N–H and O–H groups in total. The summed E-state index contributed by atoms with van der Waals surface area (Å²) < 4.78 is 4.99. The zero-order valence-corrected chi connectivity index (χ0v) is 7.22. The van der Waals surface area contributed by atoms with Crippen molar-refractivity contribution in [3.05, 3.63) is 17.0 Å². The molecule has 0 aromatic carbocycles. The molecule has 0 amide bonds. The maximum absolute atomic E-state index is 5.62. The highest BCUT2D eigenvalue weighted by Gasteiger charge is 2.08. The molecule has 62 valence electrons. The van der Waals surface area contributed by atoms with Crippen LogP contribution in [0.25, 0.3) is 0 Å². The van der Waals surface area contributed by atoms with Crippen molar-refractivity contribution >= 4 is 0 Å². The Morgan fingerprint density at radius 2 is 2.18 bits per heavy atom. The molecule has 0 bridgehead atoms. The van der Waals surface area contributed by atoms with E-state index < -0.39 is 0 Å². The van der Waals surface area contributed by atoms with Gasteiger partial charge in [0.15, 0.2) is 0 Å². The first-order chi connectivity index (χ1) is 5.11. The van der Waals surface area contributed by atoms with E-state index in [1.807, 2.05) is 20.8 Å². The first-order valence-electron chi connectivity index (χ1n) is 3.78. The summed E-state index contributed by atoms with van der Waals surface area (Å²) in [6.45, 7) is 5.88. The van der Waals surface area contributed by atoms with E-state index in [9.17, 15) is 0 Å². The van der Waals surface area contributed by atoms with E-state index >= 15 is 0 Å². The number of hydrogen-bond donors (Lipinski definition) is 1. The van der Waals surface area contributed by atoms with Gasteiger partial charge in [0, 0.05) is 18.0 Å². The summed E-state index contributed by atoms with van der Waals surface area (Å²) in [5.41, 5.74) is 7.73. The molecule has 0 fully saturated rings. The van der Waals surface area contributed by atoms with Crippen LogP contribution < -0.4 is 5.73 Å². The molecule has 1 aromatic rings. The molecule has 3 nitrogen and oxygen atoms in total. The minimum Gasteiger partial charge on any atom is -0.361 e. The van der Waals surface area contributed by atoms with E-state index in [0.29, 0.717) is 0 Å². The molecule has 1 atom stereocenters. The molecular formula is C8H14N2O. The molecule has 11 heavy (non-hydrogen) atoms. The van der Waals surface area contributed by atoms with Crippen LogP contribution in [-0.2, 0) is 6.42 Å². The van der Waals surface area contributed by atoms with Crippen LogP contribution in [-0.4, -0.2) is 11.2 Å². The average Bonchev–Trinajstić information content (AvgIpc) is 2.18. The summed E-state index contributed by atoms with van der Waals surface area (Å²) in [6, 6.07) is 0.151. The fourth-order valence-corrected chi connectivity index (χ4v) is 0.959. The van der Waals surface area contributed by atoms with Gasteiger partial charge < -0.3 is 10.3 Å². The molecular weight excluding hydrogens is 140 g/mol. The normalized spacial score (nSPS) is 13.5. The first-order valence-corrected chi connectivity index (χ1v) is 3.78. The zero-order chi connectivity index (χ0) is 8.43. The van der Waals surface area contributed by atoms with Crippen molar-refractivity contribution < 1.29 is 4.52 Å². The molecule has 1 unspecified atom stereocenters. The van der Waals surface area contributed by atoms with Gasteiger partial charge in [-0.05, 0) is 20.8 Å². The molecule has 0 aliphatic rings. The Labute approximate surface area is 66.6 Å². The van der Waals surface area contributed by atoms with Crippen molar-refractivity contribution in [2.24, 2.45) is 5.73 Å². The van der Waals surface area contributed by atoms with Gasteiger partial charge in [-0.3, -0.25) is 0 Å². The predicted molar refractivity (Wildman–Crippen MR) is 43.3 cm³/mol. The zero-order valence-electron chi connectivity index (χ0n) is 7.22. The average molecular weight is 154 g/mol. The lowest BCUT2D eigenvalue weighted by Gasteiger charge is -2.00. The number of rotatable bonds is 2. The summed E-state index contributed by atoms with van der Waals surface area (Å²) in [6.07, 6.45) is 0.795. The number of hydrogen-bond acceptors (Lipinski definition) is 3. The topological polar surface area (TPSA) is 52.0 Å². The second-order valence-electron chi connectivity index (χ2n) is 2.99. The highest BCUT2D eigenvalue weighted by molar-refractivity contribution is 5.20. The number of nitrogens with zero attached hydrogens (tertiary/aromatic N) is 1. The third kappa shape index (κ3) is 1.80. The fourth-order valence-electron chi connectivity index (χ4n) is 0.959. The van der Waals surface area contributed by atoms with Crippen LogP contribution in [0.15, 0.2) is 4.52 Å². The number of aromatic nitrogens is 1. The Bertz CT molecular complexity index is 240. The van der Waals surface area contributed by atoms with Crippen molar-refractivity contribution in [3.8, 4) is 0 Å². The summed E-state index contributed by atoms with van der Waals surface area (Å²) >= 11 is 0. The van der Waals surface area contributed by atoms with Gasteiger partial charge >= 0.3 is 0 Å². The van der Waals surface area contributed by atoms with Crippen molar-refractivity contribution in [3.63, 3.8) is 0 Å². The Morgan fingerprint density at radius 3 is 2.55 bits per heavy atom. The fraction of sp³-hybridized carbons (Fsp3) is 0.625. The summed E-state index contributed by atoms with van der Waals surface area (Å²) in [5, 5.41) is 3.90. The SMILES string of the molecule is Cc1onc(CC(C)N)c1C. The number of aryl methyl sites for hydroxylation is 1. The maximum Gasteiger partial charge on any atom is 0.136 e. The van der Waals surface area contributed by atoms with Gasteiger partial charge in [0.05, 0.1) is 5.69 Å². The van der Waals surface area contributed by atoms with Crippen LogP contribution in [0.3, 0.4) is 0 Å². The van der Waals surface area contributed by atoms with Gasteiger partial charge in [-0.1, -0.05) is 5.16 Å². The van der Waals surface area contributed by atoms with Crippen molar-refractivity contribution in [2.75, 3.05) is 0 Å². The van der Waals surface area contributed by atoms with Crippen molar-refractivity contribution in [1.29, 1.82) is 0 Å². The molecule has 1 heterocycles. The maximum atomic E-state index is 5.62. The lowest BCUT2D eigenvalue weighted by atomic mass is 10.1. The van der Waals surface area contributed by atoms with E-state index in [4.69, 9.17) is 10.3 Å². The third-order valence-electron chi connectivity index (χ3n) is 1.77. The van der Waals surface area contributed by atoms with Crippen molar-refractivity contribution in [2.45, 2.75) is 33.2 Å². The standard InChI is InChI=1S/C8H14N2O/c1-5(9)4-8-6(2)7(3)11-10-8/h5H,4,9H2,1-3H3. The van der Waals surface area contributed by atoms with Crippen LogP contribution in [0, 0.1) is 13.8 Å². The van der Waals surface area contributed by atoms with Crippen LogP contribution in [0.1, 0.15) is 23.9 Å². The summed E-state index contributed by atoms with van der Waals surface area (Å²) in [7, 11) is 0. The third-order valence-corrected chi connectivity index (χ3v) is 1.77. The second-order valence-corrected chi connectivity index (χ2v) is 2.99.